The van der Waals surface area contributed by atoms with E-state index in [0.717, 1.165) is 19.1 Å². The Bertz CT molecular complexity index is 702. The van der Waals surface area contributed by atoms with Crippen LogP contribution in [0.4, 0.5) is 4.79 Å². The second-order valence-corrected chi connectivity index (χ2v) is 8.80. The Hall–Kier alpha value is -1.93. The molecular formula is C18H28N2O5S. The third-order valence-corrected chi connectivity index (χ3v) is 4.58. The van der Waals surface area contributed by atoms with Crippen molar-refractivity contribution in [2.75, 3.05) is 6.54 Å². The van der Waals surface area contributed by atoms with Gasteiger partial charge in [-0.05, 0) is 51.7 Å². The van der Waals surface area contributed by atoms with E-state index in [2.05, 4.69) is 0 Å². The van der Waals surface area contributed by atoms with Gasteiger partial charge in [-0.1, -0.05) is 25.2 Å². The van der Waals surface area contributed by atoms with Crippen molar-refractivity contribution in [3.05, 3.63) is 35.3 Å². The number of rotatable bonds is 2. The van der Waals surface area contributed by atoms with Gasteiger partial charge in [0.1, 0.15) is 11.9 Å². The normalized spacial score (nSPS) is 22.8. The second-order valence-electron chi connectivity index (χ2n) is 7.24. The number of carbonyl (C=O) groups is 2. The van der Waals surface area contributed by atoms with Crippen molar-refractivity contribution in [3.63, 3.8) is 0 Å². The molecule has 0 aromatic carbocycles. The highest BCUT2D eigenvalue weighted by molar-refractivity contribution is 7.93. The number of carbonyl (C=O) groups excluding carboxylic acids is 2. The summed E-state index contributed by atoms with van der Waals surface area (Å²) in [5.74, 6) is 0.250. The molecular weight excluding hydrogens is 356 g/mol. The zero-order valence-electron chi connectivity index (χ0n) is 15.7. The third kappa shape index (κ3) is 7.53. The molecule has 0 bridgehead atoms. The van der Waals surface area contributed by atoms with Crippen LogP contribution in [-0.2, 0) is 19.6 Å². The predicted octanol–water partition coefficient (Wildman–Crippen LogP) is 2.51. The second kappa shape index (κ2) is 9.14. The molecule has 7 nitrogen and oxygen atoms in total. The Morgan fingerprint density at radius 2 is 2.00 bits per heavy atom. The highest BCUT2D eigenvalue weighted by Gasteiger charge is 2.31. The number of allylic oxidation sites excluding steroid dienone is 5. The fourth-order valence-corrected chi connectivity index (χ4v) is 2.90. The molecule has 1 aliphatic heterocycles. The number of nitrogens with two attached hydrogens (primary N) is 1. The molecule has 2 rings (SSSR count). The summed E-state index contributed by atoms with van der Waals surface area (Å²) >= 11 is 0. The molecule has 0 aromatic rings. The van der Waals surface area contributed by atoms with Gasteiger partial charge >= 0.3 is 6.09 Å². The highest BCUT2D eigenvalue weighted by Crippen LogP contribution is 2.19. The zero-order valence-corrected chi connectivity index (χ0v) is 16.5. The van der Waals surface area contributed by atoms with Crippen LogP contribution in [0.25, 0.3) is 0 Å². The van der Waals surface area contributed by atoms with E-state index in [1.54, 1.807) is 12.2 Å². The van der Waals surface area contributed by atoms with Crippen LogP contribution in [0.1, 0.15) is 40.5 Å². The first kappa shape index (κ1) is 22.1. The van der Waals surface area contributed by atoms with Gasteiger partial charge in [0.25, 0.3) is 0 Å². The molecule has 1 amide bonds. The average molecular weight is 384 g/mol. The largest absolute Gasteiger partial charge is 0.444 e. The molecule has 146 valence electrons. The van der Waals surface area contributed by atoms with Crippen molar-refractivity contribution in [1.82, 2.24) is 4.90 Å². The molecule has 2 N–H and O–H groups in total. The lowest BCUT2D eigenvalue weighted by molar-refractivity contribution is -0.111. The zero-order chi connectivity index (χ0) is 20.0. The molecule has 0 aromatic heterocycles. The number of amides is 1. The summed E-state index contributed by atoms with van der Waals surface area (Å²) in [6, 6.07) is -0.287. The maximum atomic E-state index is 11.6. The van der Waals surface area contributed by atoms with Gasteiger partial charge in [0.15, 0.2) is 0 Å². The maximum absolute atomic E-state index is 11.6. The summed E-state index contributed by atoms with van der Waals surface area (Å²) in [6.45, 7) is 8.04. The van der Waals surface area contributed by atoms with Gasteiger partial charge in [-0.3, -0.25) is 4.90 Å². The molecule has 1 fully saturated rings. The minimum Gasteiger partial charge on any atom is -0.444 e. The van der Waals surface area contributed by atoms with Gasteiger partial charge in [0.05, 0.1) is 10.9 Å². The Morgan fingerprint density at radius 3 is 2.54 bits per heavy atom. The number of ether oxygens (including phenoxy) is 1. The van der Waals surface area contributed by atoms with Crippen LogP contribution < -0.4 is 5.14 Å². The molecule has 2 atom stereocenters. The van der Waals surface area contributed by atoms with E-state index in [1.807, 2.05) is 33.8 Å². The number of hydrogen-bond donors (Lipinski definition) is 1. The van der Waals surface area contributed by atoms with Crippen molar-refractivity contribution in [3.8, 4) is 0 Å². The summed E-state index contributed by atoms with van der Waals surface area (Å²) in [5, 5.41) is 4.94. The van der Waals surface area contributed by atoms with E-state index in [9.17, 15) is 18.0 Å². The fraction of sp³-hybridized carbons (Fsp3) is 0.556. The van der Waals surface area contributed by atoms with Crippen LogP contribution in [0.2, 0.25) is 0 Å². The summed E-state index contributed by atoms with van der Waals surface area (Å²) in [4.78, 5) is 23.9. The van der Waals surface area contributed by atoms with E-state index >= 15 is 0 Å². The summed E-state index contributed by atoms with van der Waals surface area (Å²) < 4.78 is 26.9. The third-order valence-electron chi connectivity index (χ3n) is 3.65. The van der Waals surface area contributed by atoms with Crippen LogP contribution >= 0.6 is 0 Å². The number of hydrogen-bond acceptors (Lipinski definition) is 5. The van der Waals surface area contributed by atoms with Gasteiger partial charge in [-0.2, -0.15) is 0 Å². The van der Waals surface area contributed by atoms with Gasteiger partial charge in [0, 0.05) is 6.54 Å². The number of primary sulfonamides is 1. The van der Waals surface area contributed by atoms with Crippen LogP contribution in [0.3, 0.4) is 0 Å². The Kier molecular flexibility index (Phi) is 7.77. The quantitative estimate of drug-likeness (QED) is 0.736. The van der Waals surface area contributed by atoms with Gasteiger partial charge in [0.2, 0.25) is 10.0 Å². The van der Waals surface area contributed by atoms with Gasteiger partial charge in [-0.15, -0.1) is 0 Å². The number of sulfonamides is 1. The molecule has 0 spiro atoms. The smallest absolute Gasteiger partial charge is 0.410 e. The predicted molar refractivity (Wildman–Crippen MR) is 101 cm³/mol. The first-order valence-corrected chi connectivity index (χ1v) is 10.0. The molecule has 8 heteroatoms. The molecule has 0 radical (unpaired) electrons. The molecule has 0 saturated carbocycles. The van der Waals surface area contributed by atoms with Crippen molar-refractivity contribution < 1.29 is 22.7 Å². The molecule has 1 aliphatic carbocycles. The topological polar surface area (TPSA) is 107 Å². The van der Waals surface area contributed by atoms with Crippen molar-refractivity contribution in [2.45, 2.75) is 52.2 Å². The molecule has 1 saturated heterocycles. The van der Waals surface area contributed by atoms with E-state index in [0.29, 0.717) is 6.54 Å². The van der Waals surface area contributed by atoms with E-state index < -0.39 is 15.6 Å². The van der Waals surface area contributed by atoms with E-state index in [1.165, 1.54) is 17.1 Å². The van der Waals surface area contributed by atoms with Crippen molar-refractivity contribution in [2.24, 2.45) is 11.1 Å². The Balaban J connectivity index is 0.000000263. The maximum Gasteiger partial charge on any atom is 0.410 e. The Labute approximate surface area is 155 Å². The van der Waals surface area contributed by atoms with Crippen LogP contribution in [0, 0.1) is 5.92 Å². The Morgan fingerprint density at radius 1 is 1.35 bits per heavy atom. The lowest BCUT2D eigenvalue weighted by atomic mass is 10.2. The SMILES string of the molecule is CC(C)(C)OC(=O)N1CCC[C@@H]1C=O.CC1C=CC=C(S(N)(=O)=O)C=C1. The summed E-state index contributed by atoms with van der Waals surface area (Å²) in [5.41, 5.74) is -0.493. The minimum atomic E-state index is -3.55. The summed E-state index contributed by atoms with van der Waals surface area (Å²) in [6.07, 6.45) is 10.5. The lowest BCUT2D eigenvalue weighted by Crippen LogP contribution is -2.40. The van der Waals surface area contributed by atoms with Gasteiger partial charge in [-0.25, -0.2) is 18.4 Å². The van der Waals surface area contributed by atoms with Crippen molar-refractivity contribution in [1.29, 1.82) is 0 Å². The number of aldehydes is 1. The van der Waals surface area contributed by atoms with E-state index in [4.69, 9.17) is 9.88 Å². The lowest BCUT2D eigenvalue weighted by Gasteiger charge is -2.26. The first-order valence-electron chi connectivity index (χ1n) is 8.48. The van der Waals surface area contributed by atoms with Crippen LogP contribution in [0.5, 0.6) is 0 Å². The molecule has 1 heterocycles. The first-order chi connectivity index (χ1) is 11.9. The van der Waals surface area contributed by atoms with Crippen molar-refractivity contribution >= 4 is 22.4 Å². The molecule has 26 heavy (non-hydrogen) atoms. The van der Waals surface area contributed by atoms with Crippen LogP contribution in [-0.4, -0.2) is 43.9 Å². The standard InChI is InChI=1S/C10H17NO3.C8H11NO2S/c1-10(2,3)14-9(13)11-6-4-5-8(11)7-12;1-7-3-2-4-8(6-5-7)12(9,10)11/h7-8H,4-6H2,1-3H3;2-7H,1H3,(H2,9,10,11)/t8-;/m1./s1. The fourth-order valence-electron chi connectivity index (χ4n) is 2.36. The van der Waals surface area contributed by atoms with Gasteiger partial charge < -0.3 is 9.53 Å². The number of likely N-dealkylation sites (tertiary alicyclic amines) is 1. The summed E-state index contributed by atoms with van der Waals surface area (Å²) in [7, 11) is -3.55. The number of nitrogens with zero attached hydrogens (tertiary/aromatic N) is 1. The van der Waals surface area contributed by atoms with Crippen LogP contribution in [0.15, 0.2) is 35.3 Å². The molecule has 1 unspecified atom stereocenters. The van der Waals surface area contributed by atoms with E-state index in [-0.39, 0.29) is 23.0 Å². The minimum absolute atomic E-state index is 0.156. The molecule has 2 aliphatic rings. The highest BCUT2D eigenvalue weighted by atomic mass is 32.2. The monoisotopic (exact) mass is 384 g/mol. The average Bonchev–Trinajstić information content (AvgIpc) is 2.86.